The van der Waals surface area contributed by atoms with Gasteiger partial charge in [-0.05, 0) is 43.4 Å². The van der Waals surface area contributed by atoms with Crippen LogP contribution in [0.3, 0.4) is 0 Å². The minimum Gasteiger partial charge on any atom is -0.493 e. The highest BCUT2D eigenvalue weighted by Crippen LogP contribution is 2.37. The summed E-state index contributed by atoms with van der Waals surface area (Å²) in [7, 11) is 1.43. The largest absolute Gasteiger partial charge is 0.493 e. The van der Waals surface area contributed by atoms with E-state index in [1.165, 1.54) is 37.4 Å². The first-order valence-electron chi connectivity index (χ1n) is 9.20. The Morgan fingerprint density at radius 2 is 1.83 bits per heavy atom. The van der Waals surface area contributed by atoms with Crippen molar-refractivity contribution in [1.82, 2.24) is 10.2 Å². The number of likely N-dealkylation sites (N-methyl/N-ethyl adjacent to an activating group) is 1. The molecule has 0 aliphatic heterocycles. The predicted octanol–water partition coefficient (Wildman–Crippen LogP) is 4.12. The summed E-state index contributed by atoms with van der Waals surface area (Å²) in [6.07, 6.45) is 0. The third-order valence-corrected chi connectivity index (χ3v) is 4.61. The van der Waals surface area contributed by atoms with Crippen LogP contribution in [0.1, 0.15) is 24.2 Å². The second-order valence-corrected chi connectivity index (χ2v) is 6.56. The molecule has 0 aliphatic carbocycles. The Morgan fingerprint density at radius 3 is 2.45 bits per heavy atom. The van der Waals surface area contributed by atoms with Gasteiger partial charge in [-0.2, -0.15) is 0 Å². The summed E-state index contributed by atoms with van der Waals surface area (Å²) in [6, 6.07) is 8.76. The van der Waals surface area contributed by atoms with Gasteiger partial charge >= 0.3 is 5.69 Å². The van der Waals surface area contributed by atoms with Crippen LogP contribution in [0.5, 0.6) is 17.2 Å². The number of carbonyl (C=O) groups is 1. The molecule has 0 atom stereocenters. The highest BCUT2D eigenvalue weighted by Gasteiger charge is 2.19. The second kappa shape index (κ2) is 10.6. The highest BCUT2D eigenvalue weighted by molar-refractivity contribution is 6.30. The molecule has 2 aromatic rings. The fraction of sp³-hybridized carbons (Fsp3) is 0.350. The van der Waals surface area contributed by atoms with Crippen LogP contribution in [-0.2, 0) is 0 Å². The lowest BCUT2D eigenvalue weighted by molar-refractivity contribution is -0.385. The van der Waals surface area contributed by atoms with Crippen LogP contribution < -0.4 is 14.8 Å². The minimum atomic E-state index is -0.578. The van der Waals surface area contributed by atoms with Crippen LogP contribution in [0.15, 0.2) is 36.4 Å². The predicted molar refractivity (Wildman–Crippen MR) is 111 cm³/mol. The normalized spacial score (nSPS) is 10.7. The summed E-state index contributed by atoms with van der Waals surface area (Å²) >= 11 is 5.83. The maximum absolute atomic E-state index is 12.4. The molecule has 0 unspecified atom stereocenters. The lowest BCUT2D eigenvalue weighted by Gasteiger charge is -2.18. The number of halogens is 1. The van der Waals surface area contributed by atoms with Gasteiger partial charge in [0.15, 0.2) is 11.5 Å². The molecular formula is C20H24ClN3O5. The van der Waals surface area contributed by atoms with Gasteiger partial charge in [0.05, 0.1) is 12.0 Å². The molecule has 1 amide bonds. The van der Waals surface area contributed by atoms with Gasteiger partial charge in [-0.25, -0.2) is 0 Å². The van der Waals surface area contributed by atoms with Crippen molar-refractivity contribution in [3.8, 4) is 17.2 Å². The van der Waals surface area contributed by atoms with Gasteiger partial charge in [0.25, 0.3) is 5.91 Å². The molecule has 0 fully saturated rings. The topological polar surface area (TPSA) is 93.9 Å². The number of ether oxygens (including phenoxy) is 2. The summed E-state index contributed by atoms with van der Waals surface area (Å²) in [5.74, 6) is 0.317. The number of nitrogens with one attached hydrogen (secondary N) is 1. The fourth-order valence-electron chi connectivity index (χ4n) is 2.70. The molecule has 9 heteroatoms. The molecule has 0 saturated heterocycles. The van der Waals surface area contributed by atoms with Crippen LogP contribution >= 0.6 is 11.6 Å². The molecule has 0 aliphatic rings. The van der Waals surface area contributed by atoms with Gasteiger partial charge in [0.2, 0.25) is 5.75 Å². The molecule has 0 aromatic heterocycles. The van der Waals surface area contributed by atoms with Gasteiger partial charge < -0.3 is 19.7 Å². The molecule has 0 spiro atoms. The van der Waals surface area contributed by atoms with Crippen molar-refractivity contribution in [3.05, 3.63) is 57.1 Å². The number of nitrogens with zero attached hydrogens (tertiary/aromatic N) is 2. The molecule has 2 aromatic carbocycles. The van der Waals surface area contributed by atoms with Crippen LogP contribution in [0, 0.1) is 10.1 Å². The highest BCUT2D eigenvalue weighted by atomic mass is 35.5. The number of amides is 1. The molecular weight excluding hydrogens is 398 g/mol. The van der Waals surface area contributed by atoms with E-state index in [2.05, 4.69) is 24.1 Å². The molecule has 8 nitrogen and oxygen atoms in total. The third-order valence-electron chi connectivity index (χ3n) is 4.37. The smallest absolute Gasteiger partial charge is 0.313 e. The van der Waals surface area contributed by atoms with Gasteiger partial charge in [-0.15, -0.1) is 0 Å². The van der Waals surface area contributed by atoms with E-state index in [-0.39, 0.29) is 33.9 Å². The van der Waals surface area contributed by atoms with Crippen LogP contribution in [0.4, 0.5) is 5.69 Å². The first kappa shape index (κ1) is 22.4. The van der Waals surface area contributed by atoms with Gasteiger partial charge in [-0.1, -0.05) is 25.4 Å². The Labute approximate surface area is 174 Å². The van der Waals surface area contributed by atoms with Gasteiger partial charge in [-0.3, -0.25) is 14.9 Å². The van der Waals surface area contributed by atoms with Crippen LogP contribution in [0.25, 0.3) is 0 Å². The van der Waals surface area contributed by atoms with E-state index in [0.29, 0.717) is 12.1 Å². The first-order chi connectivity index (χ1) is 13.9. The number of nitro benzene ring substituents is 1. The summed E-state index contributed by atoms with van der Waals surface area (Å²) in [6.45, 7) is 7.27. The molecule has 29 heavy (non-hydrogen) atoms. The quantitative estimate of drug-likeness (QED) is 0.458. The Hall–Kier alpha value is -2.84. The second-order valence-electron chi connectivity index (χ2n) is 6.12. The van der Waals surface area contributed by atoms with E-state index < -0.39 is 4.92 Å². The van der Waals surface area contributed by atoms with Crippen molar-refractivity contribution in [2.75, 3.05) is 33.3 Å². The van der Waals surface area contributed by atoms with E-state index in [1.54, 1.807) is 6.07 Å². The summed E-state index contributed by atoms with van der Waals surface area (Å²) in [4.78, 5) is 25.3. The lowest BCUT2D eigenvalue weighted by atomic mass is 10.2. The average Bonchev–Trinajstić information content (AvgIpc) is 2.72. The number of rotatable bonds is 10. The Balaban J connectivity index is 2.15. The Kier molecular flexibility index (Phi) is 8.23. The molecule has 0 radical (unpaired) electrons. The van der Waals surface area contributed by atoms with E-state index in [1.807, 2.05) is 0 Å². The SMILES string of the molecule is CCN(CC)CCNC(=O)c1ccc(Oc2ccc(Cl)cc2[N+](=O)[O-])c(OC)c1. The maximum Gasteiger partial charge on any atom is 0.313 e. The van der Waals surface area contributed by atoms with E-state index in [0.717, 1.165) is 19.6 Å². The molecule has 156 valence electrons. The van der Waals surface area contributed by atoms with E-state index in [9.17, 15) is 14.9 Å². The zero-order chi connectivity index (χ0) is 21.4. The molecule has 1 N–H and O–H groups in total. The molecule has 0 saturated carbocycles. The Bertz CT molecular complexity index is 871. The molecule has 0 heterocycles. The van der Waals surface area contributed by atoms with Crippen molar-refractivity contribution >= 4 is 23.2 Å². The zero-order valence-electron chi connectivity index (χ0n) is 16.6. The number of methoxy groups -OCH3 is 1. The summed E-state index contributed by atoms with van der Waals surface area (Å²) < 4.78 is 11.0. The fourth-order valence-corrected chi connectivity index (χ4v) is 2.87. The van der Waals surface area contributed by atoms with Crippen molar-refractivity contribution in [2.45, 2.75) is 13.8 Å². The van der Waals surface area contributed by atoms with Crippen molar-refractivity contribution < 1.29 is 19.2 Å². The average molecular weight is 422 g/mol. The first-order valence-corrected chi connectivity index (χ1v) is 9.57. The van der Waals surface area contributed by atoms with E-state index in [4.69, 9.17) is 21.1 Å². The number of benzene rings is 2. The number of hydrogen-bond donors (Lipinski definition) is 1. The van der Waals surface area contributed by atoms with Crippen LogP contribution in [0.2, 0.25) is 5.02 Å². The molecule has 0 bridgehead atoms. The summed E-state index contributed by atoms with van der Waals surface area (Å²) in [5.41, 5.74) is 0.136. The van der Waals surface area contributed by atoms with Crippen molar-refractivity contribution in [3.63, 3.8) is 0 Å². The number of carbonyl (C=O) groups excluding carboxylic acids is 1. The zero-order valence-corrected chi connectivity index (χ0v) is 17.4. The number of hydrogen-bond acceptors (Lipinski definition) is 6. The summed E-state index contributed by atoms with van der Waals surface area (Å²) in [5, 5.41) is 14.3. The monoisotopic (exact) mass is 421 g/mol. The molecule has 2 rings (SSSR count). The maximum atomic E-state index is 12.4. The minimum absolute atomic E-state index is 0.0223. The van der Waals surface area contributed by atoms with Crippen molar-refractivity contribution in [2.24, 2.45) is 0 Å². The van der Waals surface area contributed by atoms with Gasteiger partial charge in [0.1, 0.15) is 0 Å². The standard InChI is InChI=1S/C20H24ClN3O5/c1-4-23(5-2)11-10-22-20(25)14-6-8-18(19(12-14)28-3)29-17-9-7-15(21)13-16(17)24(26)27/h6-9,12-13H,4-5,10-11H2,1-3H3,(H,22,25). The van der Waals surface area contributed by atoms with Gasteiger partial charge in [0, 0.05) is 29.7 Å². The van der Waals surface area contributed by atoms with Crippen molar-refractivity contribution in [1.29, 1.82) is 0 Å². The number of nitro groups is 1. The lowest BCUT2D eigenvalue weighted by Crippen LogP contribution is -2.34. The third kappa shape index (κ3) is 6.07. The Morgan fingerprint density at radius 1 is 1.14 bits per heavy atom. The van der Waals surface area contributed by atoms with E-state index >= 15 is 0 Å². The van der Waals surface area contributed by atoms with Crippen LogP contribution in [-0.4, -0.2) is 49.0 Å².